The van der Waals surface area contributed by atoms with Crippen molar-refractivity contribution in [1.82, 2.24) is 0 Å². The van der Waals surface area contributed by atoms with E-state index in [0.29, 0.717) is 14.3 Å². The molecule has 0 aromatic heterocycles. The van der Waals surface area contributed by atoms with Crippen molar-refractivity contribution in [3.8, 4) is 11.5 Å². The second kappa shape index (κ2) is 7.76. The molecule has 0 saturated heterocycles. The summed E-state index contributed by atoms with van der Waals surface area (Å²) in [6.45, 7) is 0. The average Bonchev–Trinajstić information content (AvgIpc) is 2.63. The van der Waals surface area contributed by atoms with Crippen LogP contribution in [0.5, 0.6) is 11.5 Å². The van der Waals surface area contributed by atoms with Crippen molar-refractivity contribution in [3.63, 3.8) is 0 Å². The molecule has 1 atom stereocenters. The van der Waals surface area contributed by atoms with Gasteiger partial charge in [0.1, 0.15) is 0 Å². The summed E-state index contributed by atoms with van der Waals surface area (Å²) in [5.74, 6) is 0.698. The van der Waals surface area contributed by atoms with Crippen LogP contribution < -0.4 is 15.3 Å². The van der Waals surface area contributed by atoms with Crippen LogP contribution in [-0.2, 0) is 0 Å². The third kappa shape index (κ3) is 3.81. The van der Waals surface area contributed by atoms with Crippen molar-refractivity contribution in [2.75, 3.05) is 7.11 Å². The molecule has 1 N–H and O–H groups in total. The van der Waals surface area contributed by atoms with Crippen LogP contribution in [0.15, 0.2) is 77.8 Å². The molecule has 0 fully saturated rings. The number of aromatic hydroxyl groups is 1. The fraction of sp³-hybridized carbons (Fsp3) is 0.0500. The van der Waals surface area contributed by atoms with E-state index in [9.17, 15) is 5.11 Å². The first-order valence-corrected chi connectivity index (χ1v) is 8.59. The molecule has 0 amide bonds. The van der Waals surface area contributed by atoms with Crippen LogP contribution in [-0.4, -0.2) is 18.4 Å². The molecular formula is C20H18NO2P. The summed E-state index contributed by atoms with van der Waals surface area (Å²) in [6.07, 6.45) is 1.87. The van der Waals surface area contributed by atoms with E-state index in [1.165, 1.54) is 0 Å². The van der Waals surface area contributed by atoms with Gasteiger partial charge in [0.2, 0.25) is 0 Å². The smallest absolute Gasteiger partial charge is 0.165 e. The number of methoxy groups -OCH3 is 1. The summed E-state index contributed by atoms with van der Waals surface area (Å²) in [5, 5.41) is 12.3. The third-order valence-electron chi connectivity index (χ3n) is 3.56. The van der Waals surface area contributed by atoms with Gasteiger partial charge in [-0.2, -0.15) is 0 Å². The Hall–Kier alpha value is -2.64. The zero-order valence-electron chi connectivity index (χ0n) is 13.3. The van der Waals surface area contributed by atoms with Gasteiger partial charge in [-0.05, 0) is 23.5 Å². The Morgan fingerprint density at radius 1 is 0.875 bits per heavy atom. The summed E-state index contributed by atoms with van der Waals surface area (Å²) >= 11 is 0. The van der Waals surface area contributed by atoms with Gasteiger partial charge in [0.15, 0.2) is 11.5 Å². The lowest BCUT2D eigenvalue weighted by Gasteiger charge is -2.10. The summed E-state index contributed by atoms with van der Waals surface area (Å²) in [7, 11) is 1.88. The highest BCUT2D eigenvalue weighted by Gasteiger charge is 2.09. The molecular weight excluding hydrogens is 317 g/mol. The van der Waals surface area contributed by atoms with E-state index in [4.69, 9.17) is 4.74 Å². The first-order valence-electron chi connectivity index (χ1n) is 7.59. The quantitative estimate of drug-likeness (QED) is 0.569. The van der Waals surface area contributed by atoms with E-state index in [2.05, 4.69) is 11.1 Å². The number of hydrogen-bond donors (Lipinski definition) is 1. The van der Waals surface area contributed by atoms with Gasteiger partial charge < -0.3 is 9.84 Å². The second-order valence-corrected chi connectivity index (χ2v) is 6.49. The molecule has 120 valence electrons. The number of nitrogens with zero attached hydrogens (tertiary/aromatic N) is 1. The Balaban J connectivity index is 1.89. The molecule has 3 aromatic carbocycles. The molecule has 0 radical (unpaired) electrons. The molecule has 3 rings (SSSR count). The van der Waals surface area contributed by atoms with Crippen molar-refractivity contribution in [2.24, 2.45) is 4.99 Å². The number of hydrogen-bond acceptors (Lipinski definition) is 3. The Morgan fingerprint density at radius 2 is 1.58 bits per heavy atom. The Kier molecular flexibility index (Phi) is 5.25. The number of para-hydroxylation sites is 2. The molecule has 3 nitrogen and oxygen atoms in total. The van der Waals surface area contributed by atoms with Crippen LogP contribution in [0.3, 0.4) is 0 Å². The molecule has 24 heavy (non-hydrogen) atoms. The molecule has 0 bridgehead atoms. The normalized spacial score (nSPS) is 11.4. The van der Waals surface area contributed by atoms with Crippen molar-refractivity contribution in [2.45, 2.75) is 0 Å². The number of phenolic OH excluding ortho intramolecular Hbond substituents is 1. The largest absolute Gasteiger partial charge is 0.504 e. The molecule has 0 aliphatic rings. The topological polar surface area (TPSA) is 41.8 Å². The van der Waals surface area contributed by atoms with Crippen LogP contribution in [0.1, 0.15) is 5.56 Å². The Bertz CT molecular complexity index is 847. The predicted octanol–water partition coefficient (Wildman–Crippen LogP) is 3.78. The lowest BCUT2D eigenvalue weighted by Crippen LogP contribution is -2.09. The zero-order chi connectivity index (χ0) is 16.8. The molecule has 4 heteroatoms. The highest BCUT2D eigenvalue weighted by atomic mass is 31.1. The van der Waals surface area contributed by atoms with E-state index in [1.807, 2.05) is 66.9 Å². The van der Waals surface area contributed by atoms with Crippen molar-refractivity contribution in [3.05, 3.63) is 78.4 Å². The minimum atomic E-state index is 0.202. The maximum atomic E-state index is 10.3. The summed E-state index contributed by atoms with van der Waals surface area (Å²) < 4.78 is 5.19. The lowest BCUT2D eigenvalue weighted by molar-refractivity contribution is 0.375. The van der Waals surface area contributed by atoms with Crippen LogP contribution in [0.25, 0.3) is 0 Å². The molecule has 0 saturated carbocycles. The van der Waals surface area contributed by atoms with Gasteiger partial charge in [0.05, 0.1) is 12.8 Å². The van der Waals surface area contributed by atoms with E-state index >= 15 is 0 Å². The molecule has 3 aromatic rings. The number of aliphatic imine (C=N–C) groups is 1. The standard InChI is InChI=1S/C20H18NO2P/c1-23-17-11-7-13-19(20(17)22)24-18-12-6-5-8-15(18)14-21-16-9-3-2-4-10-16/h2-14,22,24H,1H3/b21-14+. The SMILES string of the molecule is COc1cccc(Pc2ccccc2/C=N/c2ccccc2)c1O. The van der Waals surface area contributed by atoms with Crippen molar-refractivity contribution >= 4 is 31.1 Å². The Labute approximate surface area is 143 Å². The molecule has 1 unspecified atom stereocenters. The van der Waals surface area contributed by atoms with Gasteiger partial charge in [0, 0.05) is 17.1 Å². The Morgan fingerprint density at radius 3 is 2.38 bits per heavy atom. The molecule has 0 aliphatic heterocycles. The van der Waals surface area contributed by atoms with Gasteiger partial charge in [-0.15, -0.1) is 0 Å². The summed E-state index contributed by atoms with van der Waals surface area (Å²) in [5.41, 5.74) is 1.96. The van der Waals surface area contributed by atoms with Crippen molar-refractivity contribution < 1.29 is 9.84 Å². The van der Waals surface area contributed by atoms with Crippen LogP contribution in [0.2, 0.25) is 0 Å². The second-order valence-electron chi connectivity index (χ2n) is 5.16. The summed E-state index contributed by atoms with van der Waals surface area (Å²) in [6, 6.07) is 23.5. The monoisotopic (exact) mass is 335 g/mol. The predicted molar refractivity (Wildman–Crippen MR) is 102 cm³/mol. The third-order valence-corrected chi connectivity index (χ3v) is 4.96. The highest BCUT2D eigenvalue weighted by Crippen LogP contribution is 2.28. The van der Waals surface area contributed by atoms with Crippen LogP contribution >= 0.6 is 8.58 Å². The lowest BCUT2D eigenvalue weighted by atomic mass is 10.2. The van der Waals surface area contributed by atoms with Gasteiger partial charge >= 0.3 is 0 Å². The van der Waals surface area contributed by atoms with E-state index < -0.39 is 0 Å². The van der Waals surface area contributed by atoms with Crippen LogP contribution in [0.4, 0.5) is 5.69 Å². The zero-order valence-corrected chi connectivity index (χ0v) is 14.3. The van der Waals surface area contributed by atoms with Gasteiger partial charge in [-0.25, -0.2) is 0 Å². The van der Waals surface area contributed by atoms with Crippen molar-refractivity contribution in [1.29, 1.82) is 0 Å². The first-order chi connectivity index (χ1) is 11.8. The first kappa shape index (κ1) is 16.2. The number of rotatable bonds is 5. The molecule has 0 aliphatic carbocycles. The molecule has 0 spiro atoms. The van der Waals surface area contributed by atoms with Gasteiger partial charge in [0.25, 0.3) is 0 Å². The fourth-order valence-electron chi connectivity index (χ4n) is 2.31. The van der Waals surface area contributed by atoms with E-state index in [-0.39, 0.29) is 5.75 Å². The summed E-state index contributed by atoms with van der Waals surface area (Å²) in [4.78, 5) is 4.53. The maximum Gasteiger partial charge on any atom is 0.165 e. The minimum absolute atomic E-state index is 0.202. The average molecular weight is 335 g/mol. The van der Waals surface area contributed by atoms with E-state index in [0.717, 1.165) is 21.9 Å². The number of ether oxygens (including phenoxy) is 1. The van der Waals surface area contributed by atoms with E-state index in [1.54, 1.807) is 13.2 Å². The number of benzene rings is 3. The fourth-order valence-corrected chi connectivity index (χ4v) is 3.50. The molecule has 0 heterocycles. The van der Waals surface area contributed by atoms with Gasteiger partial charge in [-0.3, -0.25) is 4.99 Å². The highest BCUT2D eigenvalue weighted by molar-refractivity contribution is 7.56. The maximum absolute atomic E-state index is 10.3. The van der Waals surface area contributed by atoms with Crippen LogP contribution in [0, 0.1) is 0 Å². The minimum Gasteiger partial charge on any atom is -0.504 e. The number of phenols is 1. The van der Waals surface area contributed by atoms with Gasteiger partial charge in [-0.1, -0.05) is 63.2 Å².